The molecule has 4 atom stereocenters. The summed E-state index contributed by atoms with van der Waals surface area (Å²) in [6.45, 7) is 5.61. The van der Waals surface area contributed by atoms with Gasteiger partial charge in [0.2, 0.25) is 5.75 Å². The summed E-state index contributed by atoms with van der Waals surface area (Å²) in [6.07, 6.45) is 4.75. The molecule has 37 heavy (non-hydrogen) atoms. The topological polar surface area (TPSA) is 113 Å². The van der Waals surface area contributed by atoms with Gasteiger partial charge in [-0.1, -0.05) is 50.1 Å². The highest BCUT2D eigenvalue weighted by Gasteiger charge is 2.35. The van der Waals surface area contributed by atoms with Gasteiger partial charge in [-0.05, 0) is 31.2 Å². The summed E-state index contributed by atoms with van der Waals surface area (Å²) in [6, 6.07) is 10.6. The molecule has 1 N–H and O–H groups in total. The Morgan fingerprint density at radius 1 is 1.16 bits per heavy atom. The highest BCUT2D eigenvalue weighted by Crippen LogP contribution is 2.31. The van der Waals surface area contributed by atoms with Crippen LogP contribution in [0.4, 0.5) is 0 Å². The van der Waals surface area contributed by atoms with Crippen molar-refractivity contribution < 1.29 is 33.3 Å². The van der Waals surface area contributed by atoms with E-state index >= 15 is 0 Å². The van der Waals surface area contributed by atoms with E-state index in [0.717, 1.165) is 25.7 Å². The summed E-state index contributed by atoms with van der Waals surface area (Å²) >= 11 is 0. The molecule has 9 heteroatoms. The SMILES string of the molecule is CCCC[C@@H]1[C@@H](Cc2ccccc2)COC[C@H](NC(=O)c2nccc(OC)c2OC(C)=O)C(=O)O[C@H]1C. The van der Waals surface area contributed by atoms with Crippen LogP contribution in [0.25, 0.3) is 0 Å². The van der Waals surface area contributed by atoms with Crippen LogP contribution < -0.4 is 14.8 Å². The largest absolute Gasteiger partial charge is 0.493 e. The summed E-state index contributed by atoms with van der Waals surface area (Å²) in [7, 11) is 1.38. The van der Waals surface area contributed by atoms with E-state index in [1.165, 1.54) is 31.9 Å². The quantitative estimate of drug-likeness (QED) is 0.506. The zero-order chi connectivity index (χ0) is 26.8. The Morgan fingerprint density at radius 3 is 2.59 bits per heavy atom. The zero-order valence-corrected chi connectivity index (χ0v) is 21.9. The number of unbranched alkanes of at least 4 members (excludes halogenated alkanes) is 1. The second-order valence-electron chi connectivity index (χ2n) is 9.25. The van der Waals surface area contributed by atoms with Gasteiger partial charge in [-0.15, -0.1) is 0 Å². The van der Waals surface area contributed by atoms with Gasteiger partial charge in [-0.25, -0.2) is 9.78 Å². The normalized spacial score (nSPS) is 22.1. The predicted octanol–water partition coefficient (Wildman–Crippen LogP) is 3.74. The van der Waals surface area contributed by atoms with Gasteiger partial charge in [0.05, 0.1) is 20.3 Å². The molecule has 1 aliphatic rings. The van der Waals surface area contributed by atoms with Gasteiger partial charge in [0, 0.05) is 25.1 Å². The number of ether oxygens (including phenoxy) is 4. The Labute approximate surface area is 217 Å². The molecule has 0 bridgehead atoms. The standard InChI is InChI=1S/C28H36N2O7/c1-5-6-12-22-18(2)36-28(33)23(17-35-16-21(22)15-20-10-8-7-9-11-20)30-27(32)25-26(37-19(3)31)24(34-4)13-14-29-25/h7-11,13-14,18,21-23H,5-6,12,15-17H2,1-4H3,(H,30,32)/t18-,21-,22-,23-/m0/s1. The molecule has 1 aromatic heterocycles. The van der Waals surface area contributed by atoms with E-state index in [1.807, 2.05) is 25.1 Å². The van der Waals surface area contributed by atoms with Crippen LogP contribution in [-0.2, 0) is 25.5 Å². The molecule has 0 saturated carbocycles. The maximum atomic E-state index is 13.1. The summed E-state index contributed by atoms with van der Waals surface area (Å²) in [4.78, 5) is 41.9. The molecule has 2 heterocycles. The van der Waals surface area contributed by atoms with Crippen molar-refractivity contribution in [2.75, 3.05) is 20.3 Å². The summed E-state index contributed by atoms with van der Waals surface area (Å²) < 4.78 is 22.3. The van der Waals surface area contributed by atoms with Crippen molar-refractivity contribution in [2.45, 2.75) is 58.6 Å². The summed E-state index contributed by atoms with van der Waals surface area (Å²) in [5.74, 6) is -1.64. The molecule has 2 aromatic rings. The minimum absolute atomic E-state index is 0.0596. The van der Waals surface area contributed by atoms with E-state index in [0.29, 0.717) is 6.61 Å². The smallest absolute Gasteiger partial charge is 0.331 e. The third-order valence-corrected chi connectivity index (χ3v) is 6.50. The molecule has 1 aromatic carbocycles. The number of nitrogens with zero attached hydrogens (tertiary/aromatic N) is 1. The molecular formula is C28H36N2O7. The van der Waals surface area contributed by atoms with Crippen molar-refractivity contribution in [3.05, 3.63) is 53.9 Å². The fourth-order valence-electron chi connectivity index (χ4n) is 4.62. The number of hydrogen-bond acceptors (Lipinski definition) is 8. The molecule has 1 fully saturated rings. The first kappa shape index (κ1) is 28.1. The third kappa shape index (κ3) is 7.76. The van der Waals surface area contributed by atoms with Crippen LogP contribution >= 0.6 is 0 Å². The van der Waals surface area contributed by atoms with Crippen molar-refractivity contribution in [3.63, 3.8) is 0 Å². The second-order valence-corrected chi connectivity index (χ2v) is 9.25. The van der Waals surface area contributed by atoms with Crippen molar-refractivity contribution in [1.82, 2.24) is 10.3 Å². The molecule has 1 amide bonds. The number of hydrogen-bond donors (Lipinski definition) is 1. The number of esters is 2. The lowest BCUT2D eigenvalue weighted by Gasteiger charge is -2.31. The van der Waals surface area contributed by atoms with Gasteiger partial charge < -0.3 is 24.3 Å². The first-order valence-electron chi connectivity index (χ1n) is 12.7. The lowest BCUT2D eigenvalue weighted by Crippen LogP contribution is -2.46. The van der Waals surface area contributed by atoms with Crippen LogP contribution in [0.5, 0.6) is 11.5 Å². The van der Waals surface area contributed by atoms with E-state index < -0.39 is 23.9 Å². The minimum Gasteiger partial charge on any atom is -0.493 e. The number of aromatic nitrogens is 1. The maximum Gasteiger partial charge on any atom is 0.331 e. The average Bonchev–Trinajstić information content (AvgIpc) is 2.92. The molecule has 9 nitrogen and oxygen atoms in total. The maximum absolute atomic E-state index is 13.1. The number of carbonyl (C=O) groups is 3. The van der Waals surface area contributed by atoms with Crippen molar-refractivity contribution in [3.8, 4) is 11.5 Å². The third-order valence-electron chi connectivity index (χ3n) is 6.50. The number of carbonyl (C=O) groups excluding carboxylic acids is 3. The van der Waals surface area contributed by atoms with Crippen molar-refractivity contribution in [2.24, 2.45) is 11.8 Å². The first-order chi connectivity index (χ1) is 17.8. The fraction of sp³-hybridized carbons (Fsp3) is 0.500. The predicted molar refractivity (Wildman–Crippen MR) is 136 cm³/mol. The Morgan fingerprint density at radius 2 is 1.92 bits per heavy atom. The Balaban J connectivity index is 1.80. The van der Waals surface area contributed by atoms with E-state index in [4.69, 9.17) is 18.9 Å². The molecule has 0 radical (unpaired) electrons. The minimum atomic E-state index is -1.06. The van der Waals surface area contributed by atoms with Crippen molar-refractivity contribution in [1.29, 1.82) is 0 Å². The van der Waals surface area contributed by atoms with Crippen LogP contribution in [0.2, 0.25) is 0 Å². The van der Waals surface area contributed by atoms with Crippen LogP contribution in [0.15, 0.2) is 42.6 Å². The van der Waals surface area contributed by atoms with Gasteiger partial charge in [0.15, 0.2) is 17.5 Å². The van der Waals surface area contributed by atoms with Crippen LogP contribution in [-0.4, -0.2) is 55.3 Å². The second kappa shape index (κ2) is 13.7. The monoisotopic (exact) mass is 512 g/mol. The van der Waals surface area contributed by atoms with Gasteiger partial charge in [0.1, 0.15) is 6.10 Å². The molecule has 0 aliphatic carbocycles. The summed E-state index contributed by atoms with van der Waals surface area (Å²) in [5.41, 5.74) is 1.01. The zero-order valence-electron chi connectivity index (χ0n) is 21.9. The van der Waals surface area contributed by atoms with E-state index in [-0.39, 0.29) is 41.7 Å². The van der Waals surface area contributed by atoms with Gasteiger partial charge in [0.25, 0.3) is 5.91 Å². The molecule has 1 aliphatic heterocycles. The number of pyridine rings is 1. The molecular weight excluding hydrogens is 476 g/mol. The van der Waals surface area contributed by atoms with Crippen LogP contribution in [0.3, 0.4) is 0 Å². The van der Waals surface area contributed by atoms with Crippen LogP contribution in [0, 0.1) is 11.8 Å². The number of rotatable bonds is 9. The molecule has 1 saturated heterocycles. The molecule has 3 rings (SSSR count). The average molecular weight is 513 g/mol. The van der Waals surface area contributed by atoms with E-state index in [2.05, 4.69) is 29.4 Å². The Hall–Kier alpha value is -3.46. The number of nitrogens with one attached hydrogen (secondary N) is 1. The fourth-order valence-corrected chi connectivity index (χ4v) is 4.62. The Bertz CT molecular complexity index is 1060. The van der Waals surface area contributed by atoms with Gasteiger partial charge >= 0.3 is 11.9 Å². The lowest BCUT2D eigenvalue weighted by atomic mass is 9.81. The molecule has 0 spiro atoms. The Kier molecular flexibility index (Phi) is 10.4. The summed E-state index contributed by atoms with van der Waals surface area (Å²) in [5, 5.41) is 2.64. The molecule has 200 valence electrons. The number of amides is 1. The number of benzene rings is 1. The number of cyclic esters (lactones) is 1. The van der Waals surface area contributed by atoms with Crippen LogP contribution in [0.1, 0.15) is 56.1 Å². The van der Waals surface area contributed by atoms with E-state index in [1.54, 1.807) is 0 Å². The number of methoxy groups -OCH3 is 1. The molecule has 0 unspecified atom stereocenters. The van der Waals surface area contributed by atoms with Gasteiger partial charge in [-0.3, -0.25) is 9.59 Å². The highest BCUT2D eigenvalue weighted by atomic mass is 16.6. The highest BCUT2D eigenvalue weighted by molar-refractivity contribution is 5.98. The van der Waals surface area contributed by atoms with E-state index in [9.17, 15) is 14.4 Å². The van der Waals surface area contributed by atoms with Crippen molar-refractivity contribution >= 4 is 17.8 Å². The van der Waals surface area contributed by atoms with Gasteiger partial charge in [-0.2, -0.15) is 0 Å². The first-order valence-corrected chi connectivity index (χ1v) is 12.7. The lowest BCUT2D eigenvalue weighted by molar-refractivity contribution is -0.154.